The van der Waals surface area contributed by atoms with Crippen LogP contribution in [0.25, 0.3) is 0 Å². The Kier molecular flexibility index (Phi) is 4.56. The van der Waals surface area contributed by atoms with E-state index < -0.39 is 11.7 Å². The van der Waals surface area contributed by atoms with Crippen LogP contribution in [0, 0.1) is 0 Å². The highest BCUT2D eigenvalue weighted by Gasteiger charge is 2.16. The first-order valence-corrected chi connectivity index (χ1v) is 5.85. The maximum atomic E-state index is 11.4. The quantitative estimate of drug-likeness (QED) is 0.875. The summed E-state index contributed by atoms with van der Waals surface area (Å²) in [5.41, 5.74) is 0.0531. The first kappa shape index (κ1) is 13.6. The van der Waals surface area contributed by atoms with Crippen molar-refractivity contribution < 1.29 is 14.3 Å². The summed E-state index contributed by atoms with van der Waals surface area (Å²) >= 11 is 1.05. The van der Waals surface area contributed by atoms with Gasteiger partial charge in [0.05, 0.1) is 36.6 Å². The molecule has 1 N–H and O–H groups in total. The molecule has 1 amide bonds. The molecule has 1 aromatic rings. The summed E-state index contributed by atoms with van der Waals surface area (Å²) in [6.07, 6.45) is 1.12. The third-order valence-corrected chi connectivity index (χ3v) is 2.13. The fourth-order valence-corrected chi connectivity index (χ4v) is 1.44. The van der Waals surface area contributed by atoms with Crippen LogP contribution < -0.4 is 5.32 Å². The van der Waals surface area contributed by atoms with Crippen molar-refractivity contribution in [3.05, 3.63) is 11.9 Å². The van der Waals surface area contributed by atoms with Crippen LogP contribution in [0.4, 0.5) is 4.79 Å². The molecule has 0 unspecified atom stereocenters. The minimum absolute atomic E-state index is 0.0631. The Morgan fingerprint density at radius 2 is 2.18 bits per heavy atom. The molecule has 7 heteroatoms. The second-order valence-electron chi connectivity index (χ2n) is 4.47. The van der Waals surface area contributed by atoms with E-state index in [0.717, 1.165) is 11.7 Å². The van der Waals surface area contributed by atoms with Gasteiger partial charge in [-0.15, -0.1) is 0 Å². The van der Waals surface area contributed by atoms with E-state index in [1.165, 1.54) is 6.20 Å². The van der Waals surface area contributed by atoms with Crippen molar-refractivity contribution in [2.24, 2.45) is 0 Å². The number of alkyl carbamates (subject to hydrolysis) is 1. The zero-order chi connectivity index (χ0) is 12.9. The van der Waals surface area contributed by atoms with Crippen LogP contribution in [0.15, 0.2) is 6.20 Å². The molecule has 1 rings (SSSR count). The number of nitrogens with one attached hydrogen (secondary N) is 1. The van der Waals surface area contributed by atoms with Gasteiger partial charge in [-0.25, -0.2) is 4.79 Å². The van der Waals surface area contributed by atoms with Crippen LogP contribution in [-0.4, -0.2) is 32.8 Å². The number of amides is 1. The van der Waals surface area contributed by atoms with Crippen LogP contribution in [0.2, 0.25) is 0 Å². The van der Waals surface area contributed by atoms with Crippen LogP contribution in [0.3, 0.4) is 0 Å². The van der Waals surface area contributed by atoms with Gasteiger partial charge in [0.25, 0.3) is 0 Å². The zero-order valence-electron chi connectivity index (χ0n) is 10.0. The minimum Gasteiger partial charge on any atom is -0.444 e. The van der Waals surface area contributed by atoms with E-state index in [0.29, 0.717) is 5.69 Å². The molecule has 94 valence electrons. The molecule has 0 saturated heterocycles. The molecular formula is C10H15N3O3S. The number of nitrogens with zero attached hydrogens (tertiary/aromatic N) is 2. The summed E-state index contributed by atoms with van der Waals surface area (Å²) in [5.74, 6) is -0.136. The van der Waals surface area contributed by atoms with Gasteiger partial charge >= 0.3 is 6.09 Å². The summed E-state index contributed by atoms with van der Waals surface area (Å²) in [6, 6.07) is 0. The van der Waals surface area contributed by atoms with Crippen molar-refractivity contribution in [3.8, 4) is 0 Å². The largest absolute Gasteiger partial charge is 0.444 e. The highest BCUT2D eigenvalue weighted by molar-refractivity contribution is 6.99. The molecule has 6 nitrogen and oxygen atoms in total. The van der Waals surface area contributed by atoms with Gasteiger partial charge in [0.15, 0.2) is 5.78 Å². The number of hydrogen-bond acceptors (Lipinski definition) is 6. The van der Waals surface area contributed by atoms with Gasteiger partial charge in [0.1, 0.15) is 5.60 Å². The lowest BCUT2D eigenvalue weighted by atomic mass is 10.2. The van der Waals surface area contributed by atoms with E-state index in [-0.39, 0.29) is 18.7 Å². The predicted molar refractivity (Wildman–Crippen MR) is 62.9 cm³/mol. The molecule has 0 aliphatic heterocycles. The lowest BCUT2D eigenvalue weighted by molar-refractivity contribution is -0.117. The Morgan fingerprint density at radius 1 is 1.47 bits per heavy atom. The molecule has 0 bridgehead atoms. The molecule has 1 aromatic heterocycles. The second-order valence-corrected chi connectivity index (χ2v) is 5.03. The van der Waals surface area contributed by atoms with E-state index in [2.05, 4.69) is 14.1 Å². The number of ether oxygens (including phenoxy) is 1. The van der Waals surface area contributed by atoms with Gasteiger partial charge < -0.3 is 10.1 Å². The fraction of sp³-hybridized carbons (Fsp3) is 0.600. The monoisotopic (exact) mass is 257 g/mol. The molecular weight excluding hydrogens is 242 g/mol. The Morgan fingerprint density at radius 3 is 2.71 bits per heavy atom. The van der Waals surface area contributed by atoms with E-state index in [9.17, 15) is 9.59 Å². The Labute approximate surface area is 104 Å². The molecule has 0 aromatic carbocycles. The number of hydrogen-bond donors (Lipinski definition) is 1. The van der Waals surface area contributed by atoms with Crippen molar-refractivity contribution in [2.75, 3.05) is 6.54 Å². The van der Waals surface area contributed by atoms with Crippen molar-refractivity contribution in [1.29, 1.82) is 0 Å². The van der Waals surface area contributed by atoms with E-state index in [1.807, 2.05) is 0 Å². The molecule has 0 aliphatic carbocycles. The van der Waals surface area contributed by atoms with Gasteiger partial charge in [0, 0.05) is 0 Å². The van der Waals surface area contributed by atoms with E-state index >= 15 is 0 Å². The van der Waals surface area contributed by atoms with Crippen molar-refractivity contribution in [1.82, 2.24) is 14.1 Å². The molecule has 0 aliphatic rings. The van der Waals surface area contributed by atoms with Crippen LogP contribution in [0.1, 0.15) is 26.5 Å². The Hall–Kier alpha value is -1.50. The molecule has 0 radical (unpaired) electrons. The van der Waals surface area contributed by atoms with Crippen molar-refractivity contribution in [2.45, 2.75) is 32.8 Å². The smallest absolute Gasteiger partial charge is 0.408 e. The number of aromatic nitrogens is 2. The third kappa shape index (κ3) is 5.96. The van der Waals surface area contributed by atoms with Crippen LogP contribution in [-0.2, 0) is 16.0 Å². The summed E-state index contributed by atoms with van der Waals surface area (Å²) in [5, 5.41) is 2.40. The van der Waals surface area contributed by atoms with Crippen LogP contribution in [0.5, 0.6) is 0 Å². The molecule has 17 heavy (non-hydrogen) atoms. The van der Waals surface area contributed by atoms with Gasteiger partial charge in [-0.3, -0.25) is 4.79 Å². The number of ketones is 1. The standard InChI is InChI=1S/C10H15N3O3S/c1-10(2,3)16-9(15)11-6-8(14)4-7-5-12-17-13-7/h5H,4,6H2,1-3H3,(H,11,15). The van der Waals surface area contributed by atoms with Gasteiger partial charge in [-0.2, -0.15) is 8.75 Å². The highest BCUT2D eigenvalue weighted by Crippen LogP contribution is 2.06. The molecule has 0 saturated carbocycles. The maximum Gasteiger partial charge on any atom is 0.408 e. The van der Waals surface area contributed by atoms with Gasteiger partial charge in [-0.05, 0) is 20.8 Å². The Bertz CT molecular complexity index is 384. The fourth-order valence-electron chi connectivity index (χ4n) is 1.01. The lowest BCUT2D eigenvalue weighted by Crippen LogP contribution is -2.35. The minimum atomic E-state index is -0.595. The van der Waals surface area contributed by atoms with Gasteiger partial charge in [-0.1, -0.05) is 0 Å². The first-order chi connectivity index (χ1) is 7.87. The second kappa shape index (κ2) is 5.72. The number of carbonyl (C=O) groups excluding carboxylic acids is 2. The van der Waals surface area contributed by atoms with Crippen molar-refractivity contribution in [3.63, 3.8) is 0 Å². The van der Waals surface area contributed by atoms with Crippen molar-refractivity contribution >= 4 is 23.6 Å². The molecule has 0 atom stereocenters. The predicted octanol–water partition coefficient (Wildman–Crippen LogP) is 1.17. The Balaban J connectivity index is 2.26. The molecule has 0 fully saturated rings. The summed E-state index contributed by atoms with van der Waals surface area (Å²) in [4.78, 5) is 22.7. The topological polar surface area (TPSA) is 81.2 Å². The van der Waals surface area contributed by atoms with E-state index in [4.69, 9.17) is 4.74 Å². The average molecular weight is 257 g/mol. The summed E-state index contributed by atoms with van der Waals surface area (Å²) in [7, 11) is 0. The zero-order valence-corrected chi connectivity index (χ0v) is 10.8. The number of rotatable bonds is 4. The average Bonchev–Trinajstić information content (AvgIpc) is 2.64. The lowest BCUT2D eigenvalue weighted by Gasteiger charge is -2.19. The maximum absolute atomic E-state index is 11.4. The molecule has 0 spiro atoms. The first-order valence-electron chi connectivity index (χ1n) is 5.12. The summed E-state index contributed by atoms with van der Waals surface area (Å²) < 4.78 is 12.7. The SMILES string of the molecule is CC(C)(C)OC(=O)NCC(=O)Cc1cnsn1. The normalized spacial score (nSPS) is 11.0. The number of carbonyl (C=O) groups is 2. The highest BCUT2D eigenvalue weighted by atomic mass is 32.1. The van der Waals surface area contributed by atoms with Gasteiger partial charge in [0.2, 0.25) is 0 Å². The number of Topliss-reactive ketones (excluding diaryl/α,β-unsaturated/α-hetero) is 1. The molecule has 1 heterocycles. The van der Waals surface area contributed by atoms with E-state index in [1.54, 1.807) is 20.8 Å². The summed E-state index contributed by atoms with van der Waals surface area (Å²) in [6.45, 7) is 5.21. The van der Waals surface area contributed by atoms with Crippen LogP contribution >= 0.6 is 11.7 Å². The third-order valence-electron chi connectivity index (χ3n) is 1.61.